The predicted molar refractivity (Wildman–Crippen MR) is 102 cm³/mol. The van der Waals surface area contributed by atoms with Crippen molar-refractivity contribution in [2.75, 3.05) is 19.8 Å². The average molecular weight is 360 g/mol. The molecule has 5 nitrogen and oxygen atoms in total. The number of carbonyl (C=O) groups excluding carboxylic acids is 1. The zero-order chi connectivity index (χ0) is 18.6. The van der Waals surface area contributed by atoms with Crippen LogP contribution in [-0.4, -0.2) is 36.1 Å². The number of ether oxygens (including phenoxy) is 2. The van der Waals surface area contributed by atoms with Crippen LogP contribution in [0.5, 0.6) is 11.5 Å². The predicted octanol–water partition coefficient (Wildman–Crippen LogP) is 4.03. The van der Waals surface area contributed by atoms with Crippen molar-refractivity contribution in [3.05, 3.63) is 23.8 Å². The lowest BCUT2D eigenvalue weighted by Crippen LogP contribution is -2.48. The van der Waals surface area contributed by atoms with E-state index >= 15 is 0 Å². The Morgan fingerprint density at radius 1 is 1.15 bits per heavy atom. The molecule has 1 aromatic rings. The Balaban J connectivity index is 1.98. The summed E-state index contributed by atoms with van der Waals surface area (Å²) in [6.45, 7) is 8.02. The molecule has 1 aromatic carbocycles. The molecule has 1 unspecified atom stereocenters. The van der Waals surface area contributed by atoms with E-state index in [1.807, 2.05) is 30.9 Å². The lowest BCUT2D eigenvalue weighted by molar-refractivity contribution is -0.134. The Hall–Kier alpha value is -1.75. The summed E-state index contributed by atoms with van der Waals surface area (Å²) in [5, 5.41) is 3.70. The molecule has 0 bridgehead atoms. The highest BCUT2D eigenvalue weighted by atomic mass is 16.5. The first kappa shape index (κ1) is 19.0. The van der Waals surface area contributed by atoms with E-state index < -0.39 is 5.54 Å². The molecule has 144 valence electrons. The van der Waals surface area contributed by atoms with Crippen LogP contribution < -0.4 is 14.8 Å². The third-order valence-corrected chi connectivity index (χ3v) is 5.50. The number of hydrogen-bond donors (Lipinski definition) is 1. The normalized spacial score (nSPS) is 22.0. The first-order chi connectivity index (χ1) is 12.7. The molecule has 0 aromatic heterocycles. The van der Waals surface area contributed by atoms with E-state index in [-0.39, 0.29) is 12.1 Å². The fraction of sp³-hybridized carbons (Fsp3) is 0.667. The summed E-state index contributed by atoms with van der Waals surface area (Å²) in [5.41, 5.74) is 0.602. The maximum Gasteiger partial charge on any atom is 0.244 e. The van der Waals surface area contributed by atoms with E-state index in [1.165, 1.54) is 6.42 Å². The minimum atomic E-state index is -0.400. The summed E-state index contributed by atoms with van der Waals surface area (Å²) in [6, 6.07) is 6.00. The lowest BCUT2D eigenvalue weighted by Gasteiger charge is -2.31. The van der Waals surface area contributed by atoms with Gasteiger partial charge in [-0.1, -0.05) is 38.3 Å². The number of likely N-dealkylation sites (N-methyl/N-ethyl adjacent to an activating group) is 1. The van der Waals surface area contributed by atoms with Crippen LogP contribution in [0, 0.1) is 0 Å². The van der Waals surface area contributed by atoms with Gasteiger partial charge in [0, 0.05) is 12.1 Å². The maximum atomic E-state index is 13.2. The largest absolute Gasteiger partial charge is 0.490 e. The van der Waals surface area contributed by atoms with Gasteiger partial charge in [-0.05, 0) is 39.2 Å². The molecule has 1 saturated carbocycles. The van der Waals surface area contributed by atoms with Crippen molar-refractivity contribution < 1.29 is 14.3 Å². The fourth-order valence-electron chi connectivity index (χ4n) is 4.25. The standard InChI is InChI=1S/C21H32N2O3/c1-4-15-26-18-16(11-10-12-17(18)25-6-3)19-22-21(13-8-7-9-14-21)20(24)23(19)5-2/h10-12,19,22H,4-9,13-15H2,1-3H3. The molecule has 1 amide bonds. The van der Waals surface area contributed by atoms with E-state index in [1.54, 1.807) is 0 Å². The molecule has 1 atom stereocenters. The van der Waals surface area contributed by atoms with E-state index in [2.05, 4.69) is 18.3 Å². The van der Waals surface area contributed by atoms with Gasteiger partial charge >= 0.3 is 0 Å². The molecule has 1 aliphatic carbocycles. The number of para-hydroxylation sites is 1. The van der Waals surface area contributed by atoms with Crippen LogP contribution >= 0.6 is 0 Å². The summed E-state index contributed by atoms with van der Waals surface area (Å²) in [6.07, 6.45) is 6.07. The molecule has 0 radical (unpaired) electrons. The molecule has 1 saturated heterocycles. The maximum absolute atomic E-state index is 13.2. The number of hydrogen-bond acceptors (Lipinski definition) is 4. The highest BCUT2D eigenvalue weighted by Gasteiger charge is 2.51. The van der Waals surface area contributed by atoms with Crippen molar-refractivity contribution >= 4 is 5.91 Å². The Bertz CT molecular complexity index is 626. The van der Waals surface area contributed by atoms with Crippen molar-refractivity contribution in [3.8, 4) is 11.5 Å². The number of amides is 1. The van der Waals surface area contributed by atoms with Crippen LogP contribution in [0.3, 0.4) is 0 Å². The number of carbonyl (C=O) groups is 1. The quantitative estimate of drug-likeness (QED) is 0.798. The molecule has 2 aliphatic rings. The molecule has 1 spiro atoms. The Labute approximate surface area is 157 Å². The molecule has 3 rings (SSSR count). The second-order valence-electron chi connectivity index (χ2n) is 7.24. The Morgan fingerprint density at radius 3 is 2.58 bits per heavy atom. The summed E-state index contributed by atoms with van der Waals surface area (Å²) >= 11 is 0. The van der Waals surface area contributed by atoms with Crippen molar-refractivity contribution in [3.63, 3.8) is 0 Å². The minimum absolute atomic E-state index is 0.155. The van der Waals surface area contributed by atoms with Crippen molar-refractivity contribution in [2.45, 2.75) is 71.0 Å². The van der Waals surface area contributed by atoms with Gasteiger partial charge in [-0.15, -0.1) is 0 Å². The topological polar surface area (TPSA) is 50.8 Å². The third kappa shape index (κ3) is 3.41. The van der Waals surface area contributed by atoms with Crippen LogP contribution in [0.2, 0.25) is 0 Å². The number of rotatable bonds is 7. The lowest BCUT2D eigenvalue weighted by atomic mass is 9.81. The monoisotopic (exact) mass is 360 g/mol. The zero-order valence-electron chi connectivity index (χ0n) is 16.3. The molecule has 1 aliphatic heterocycles. The summed E-state index contributed by atoms with van der Waals surface area (Å²) in [4.78, 5) is 15.2. The van der Waals surface area contributed by atoms with E-state index in [9.17, 15) is 4.79 Å². The molecular weight excluding hydrogens is 328 g/mol. The highest BCUT2D eigenvalue weighted by molar-refractivity contribution is 5.89. The molecular formula is C21H32N2O3. The van der Waals surface area contributed by atoms with E-state index in [0.29, 0.717) is 19.8 Å². The number of benzene rings is 1. The zero-order valence-corrected chi connectivity index (χ0v) is 16.3. The van der Waals surface area contributed by atoms with Crippen LogP contribution in [-0.2, 0) is 4.79 Å². The van der Waals surface area contributed by atoms with E-state index in [4.69, 9.17) is 9.47 Å². The van der Waals surface area contributed by atoms with Gasteiger partial charge in [0.15, 0.2) is 11.5 Å². The van der Waals surface area contributed by atoms with Crippen LogP contribution in [0.15, 0.2) is 18.2 Å². The van der Waals surface area contributed by atoms with Crippen molar-refractivity contribution in [1.82, 2.24) is 10.2 Å². The number of nitrogens with zero attached hydrogens (tertiary/aromatic N) is 1. The smallest absolute Gasteiger partial charge is 0.244 e. The summed E-state index contributed by atoms with van der Waals surface area (Å²) < 4.78 is 11.9. The van der Waals surface area contributed by atoms with Gasteiger partial charge in [-0.2, -0.15) is 0 Å². The van der Waals surface area contributed by atoms with Gasteiger partial charge in [-0.3, -0.25) is 10.1 Å². The van der Waals surface area contributed by atoms with Crippen LogP contribution in [0.25, 0.3) is 0 Å². The fourth-order valence-corrected chi connectivity index (χ4v) is 4.25. The second-order valence-corrected chi connectivity index (χ2v) is 7.24. The Morgan fingerprint density at radius 2 is 1.92 bits per heavy atom. The molecule has 1 N–H and O–H groups in total. The van der Waals surface area contributed by atoms with Crippen LogP contribution in [0.1, 0.15) is 71.0 Å². The highest BCUT2D eigenvalue weighted by Crippen LogP contribution is 2.44. The number of nitrogens with one attached hydrogen (secondary N) is 1. The summed E-state index contributed by atoms with van der Waals surface area (Å²) in [5.74, 6) is 1.77. The van der Waals surface area contributed by atoms with Gasteiger partial charge in [0.1, 0.15) is 6.17 Å². The third-order valence-electron chi connectivity index (χ3n) is 5.50. The SMILES string of the molecule is CCCOc1c(OCC)cccc1C1NC2(CCCCC2)C(=O)N1CC. The van der Waals surface area contributed by atoms with Gasteiger partial charge in [-0.25, -0.2) is 0 Å². The van der Waals surface area contributed by atoms with E-state index in [0.717, 1.165) is 49.2 Å². The summed E-state index contributed by atoms with van der Waals surface area (Å²) in [7, 11) is 0. The minimum Gasteiger partial charge on any atom is -0.490 e. The first-order valence-electron chi connectivity index (χ1n) is 10.1. The van der Waals surface area contributed by atoms with Gasteiger partial charge in [0.05, 0.1) is 18.8 Å². The van der Waals surface area contributed by atoms with Gasteiger partial charge in [0.2, 0.25) is 5.91 Å². The van der Waals surface area contributed by atoms with Gasteiger partial charge in [0.25, 0.3) is 0 Å². The molecule has 5 heteroatoms. The second kappa shape index (κ2) is 8.30. The van der Waals surface area contributed by atoms with Crippen LogP contribution in [0.4, 0.5) is 0 Å². The Kier molecular flexibility index (Phi) is 6.07. The first-order valence-corrected chi connectivity index (χ1v) is 10.1. The van der Waals surface area contributed by atoms with Crippen molar-refractivity contribution in [1.29, 1.82) is 0 Å². The molecule has 2 fully saturated rings. The molecule has 26 heavy (non-hydrogen) atoms. The van der Waals surface area contributed by atoms with Gasteiger partial charge < -0.3 is 14.4 Å². The average Bonchev–Trinajstić information content (AvgIpc) is 2.93. The molecule has 1 heterocycles. The van der Waals surface area contributed by atoms with Crippen molar-refractivity contribution in [2.24, 2.45) is 0 Å².